The van der Waals surface area contributed by atoms with Crippen LogP contribution in [0.15, 0.2) is 67.1 Å². The zero-order chi connectivity index (χ0) is 27.1. The molecule has 1 aliphatic rings. The number of nitrogens with two attached hydrogens (primary N) is 2. The first-order valence-corrected chi connectivity index (χ1v) is 13.0. The van der Waals surface area contributed by atoms with Gasteiger partial charge < -0.3 is 20.8 Å². The summed E-state index contributed by atoms with van der Waals surface area (Å²) in [6.45, 7) is 0. The molecule has 0 aliphatic heterocycles. The number of ether oxygens (including phenoxy) is 1. The van der Waals surface area contributed by atoms with Crippen LogP contribution >= 0.6 is 11.6 Å². The Morgan fingerprint density at radius 2 is 1.74 bits per heavy atom. The third kappa shape index (κ3) is 4.66. The van der Waals surface area contributed by atoms with Crippen molar-refractivity contribution >= 4 is 51.4 Å². The van der Waals surface area contributed by atoms with E-state index in [4.69, 9.17) is 28.1 Å². The standard InChI is InChI=1S/C29H25ClN6O3/c30-22-12-18-8-11-23(16-4-2-1-3-5-16)35-24(18)13-20(22)21-14-36(27-25(21)26(31)33-15-34-27)19-9-6-17(7-10-19)28(37)39-29(32)38/h1-5,8,11-15,17,19H,6-7,9-10H2,(H2,32,38)(H2,31,33,34). The third-order valence-corrected chi connectivity index (χ3v) is 7.71. The summed E-state index contributed by atoms with van der Waals surface area (Å²) in [6, 6.07) is 18.0. The van der Waals surface area contributed by atoms with E-state index in [9.17, 15) is 9.59 Å². The molecule has 1 saturated carbocycles. The Labute approximate surface area is 228 Å². The van der Waals surface area contributed by atoms with Gasteiger partial charge in [0, 0.05) is 39.3 Å². The van der Waals surface area contributed by atoms with E-state index >= 15 is 0 Å². The van der Waals surface area contributed by atoms with Gasteiger partial charge in [-0.25, -0.2) is 19.7 Å². The zero-order valence-electron chi connectivity index (χ0n) is 20.9. The number of aromatic nitrogens is 4. The van der Waals surface area contributed by atoms with Gasteiger partial charge in [0.15, 0.2) is 0 Å². The predicted molar refractivity (Wildman–Crippen MR) is 150 cm³/mol. The van der Waals surface area contributed by atoms with Crippen LogP contribution in [0.5, 0.6) is 0 Å². The van der Waals surface area contributed by atoms with E-state index in [0.717, 1.165) is 33.3 Å². The second kappa shape index (κ2) is 9.99. The van der Waals surface area contributed by atoms with Gasteiger partial charge in [-0.15, -0.1) is 0 Å². The molecule has 196 valence electrons. The van der Waals surface area contributed by atoms with Gasteiger partial charge in [0.05, 0.1) is 22.5 Å². The number of halogens is 1. The first-order chi connectivity index (χ1) is 18.9. The number of nitrogens with zero attached hydrogens (tertiary/aromatic N) is 4. The van der Waals surface area contributed by atoms with Crippen molar-refractivity contribution in [2.75, 3.05) is 5.73 Å². The molecule has 0 saturated heterocycles. The molecule has 3 heterocycles. The number of rotatable bonds is 4. The summed E-state index contributed by atoms with van der Waals surface area (Å²) in [5.74, 6) is -0.583. The highest BCUT2D eigenvalue weighted by molar-refractivity contribution is 6.34. The molecule has 10 heteroatoms. The monoisotopic (exact) mass is 540 g/mol. The summed E-state index contributed by atoms with van der Waals surface area (Å²) in [7, 11) is 0. The average Bonchev–Trinajstić information content (AvgIpc) is 3.33. The van der Waals surface area contributed by atoms with Crippen LogP contribution in [-0.4, -0.2) is 31.6 Å². The molecule has 39 heavy (non-hydrogen) atoms. The van der Waals surface area contributed by atoms with E-state index in [-0.39, 0.29) is 12.0 Å². The lowest BCUT2D eigenvalue weighted by Gasteiger charge is -2.28. The fraction of sp³-hybridized carbons (Fsp3) is 0.207. The number of primary amides is 1. The molecule has 0 bridgehead atoms. The van der Waals surface area contributed by atoms with Crippen LogP contribution in [-0.2, 0) is 9.53 Å². The maximum atomic E-state index is 12.2. The molecule has 0 radical (unpaired) electrons. The van der Waals surface area contributed by atoms with Crippen LogP contribution in [0.4, 0.5) is 10.6 Å². The van der Waals surface area contributed by atoms with E-state index in [1.165, 1.54) is 6.33 Å². The molecule has 5 aromatic rings. The molecule has 0 spiro atoms. The maximum Gasteiger partial charge on any atom is 0.412 e. The summed E-state index contributed by atoms with van der Waals surface area (Å²) >= 11 is 6.83. The SMILES string of the molecule is NC(=O)OC(=O)C1CCC(n2cc(-c3cc4nc(-c5ccccc5)ccc4cc3Cl)c3c(N)ncnc32)CC1. The minimum Gasteiger partial charge on any atom is -0.383 e. The smallest absolute Gasteiger partial charge is 0.383 e. The Morgan fingerprint density at radius 3 is 2.49 bits per heavy atom. The fourth-order valence-electron chi connectivity index (χ4n) is 5.48. The molecule has 1 fully saturated rings. The summed E-state index contributed by atoms with van der Waals surface area (Å²) in [6.07, 6.45) is 4.90. The topological polar surface area (TPSA) is 139 Å². The number of amides is 1. The summed E-state index contributed by atoms with van der Waals surface area (Å²) in [4.78, 5) is 36.9. The van der Waals surface area contributed by atoms with Crippen LogP contribution < -0.4 is 11.5 Å². The molecular formula is C29H25ClN6O3. The van der Waals surface area contributed by atoms with Gasteiger partial charge >= 0.3 is 12.1 Å². The molecule has 4 N–H and O–H groups in total. The second-order valence-corrected chi connectivity index (χ2v) is 10.1. The van der Waals surface area contributed by atoms with Gasteiger partial charge in [-0.05, 0) is 43.9 Å². The third-order valence-electron chi connectivity index (χ3n) is 7.40. The highest BCUT2D eigenvalue weighted by Crippen LogP contribution is 2.42. The van der Waals surface area contributed by atoms with Gasteiger partial charge in [-0.3, -0.25) is 4.79 Å². The van der Waals surface area contributed by atoms with E-state index in [0.29, 0.717) is 47.6 Å². The Hall–Kier alpha value is -4.50. The Morgan fingerprint density at radius 1 is 0.974 bits per heavy atom. The number of benzene rings is 2. The number of nitrogen functional groups attached to an aromatic ring is 1. The molecule has 9 nitrogen and oxygen atoms in total. The lowest BCUT2D eigenvalue weighted by molar-refractivity contribution is -0.143. The first-order valence-electron chi connectivity index (χ1n) is 12.7. The van der Waals surface area contributed by atoms with E-state index in [1.54, 1.807) is 0 Å². The van der Waals surface area contributed by atoms with Crippen molar-refractivity contribution in [3.05, 3.63) is 72.1 Å². The highest BCUT2D eigenvalue weighted by atomic mass is 35.5. The zero-order valence-corrected chi connectivity index (χ0v) is 21.6. The van der Waals surface area contributed by atoms with E-state index in [1.807, 2.05) is 60.8 Å². The minimum absolute atomic E-state index is 0.0650. The normalized spacial score (nSPS) is 17.4. The molecular weight excluding hydrogens is 516 g/mol. The van der Waals surface area contributed by atoms with E-state index < -0.39 is 12.1 Å². The lowest BCUT2D eigenvalue weighted by Crippen LogP contribution is -2.28. The van der Waals surface area contributed by atoms with Gasteiger partial charge in [-0.1, -0.05) is 48.0 Å². The summed E-state index contributed by atoms with van der Waals surface area (Å²) in [5, 5.41) is 2.21. The molecule has 2 aromatic carbocycles. The number of hydrogen-bond donors (Lipinski definition) is 2. The van der Waals surface area contributed by atoms with Crippen molar-refractivity contribution in [1.82, 2.24) is 19.5 Å². The van der Waals surface area contributed by atoms with Gasteiger partial charge in [0.1, 0.15) is 17.8 Å². The predicted octanol–water partition coefficient (Wildman–Crippen LogP) is 5.90. The number of pyridine rings is 1. The van der Waals surface area contributed by atoms with Gasteiger partial charge in [-0.2, -0.15) is 0 Å². The number of hydrogen-bond acceptors (Lipinski definition) is 7. The minimum atomic E-state index is -1.08. The number of esters is 1. The number of fused-ring (bicyclic) bond motifs is 2. The van der Waals surface area contributed by atoms with Crippen LogP contribution in [0.1, 0.15) is 31.7 Å². The van der Waals surface area contributed by atoms with Crippen LogP contribution in [0, 0.1) is 5.92 Å². The molecule has 1 aliphatic carbocycles. The average molecular weight is 541 g/mol. The van der Waals surface area contributed by atoms with Gasteiger partial charge in [0.2, 0.25) is 0 Å². The summed E-state index contributed by atoms with van der Waals surface area (Å²) in [5.41, 5.74) is 16.4. The quantitative estimate of drug-likeness (QED) is 0.213. The first kappa shape index (κ1) is 24.8. The van der Waals surface area contributed by atoms with Crippen LogP contribution in [0.3, 0.4) is 0 Å². The molecule has 6 rings (SSSR count). The van der Waals surface area contributed by atoms with Crippen molar-refractivity contribution in [2.24, 2.45) is 11.7 Å². The van der Waals surface area contributed by atoms with Crippen molar-refractivity contribution < 1.29 is 14.3 Å². The fourth-order valence-corrected chi connectivity index (χ4v) is 5.76. The van der Waals surface area contributed by atoms with Crippen LogP contribution in [0.25, 0.3) is 44.3 Å². The van der Waals surface area contributed by atoms with Gasteiger partial charge in [0.25, 0.3) is 0 Å². The number of carbonyl (C=O) groups is 2. The Bertz CT molecular complexity index is 1730. The van der Waals surface area contributed by atoms with Crippen molar-refractivity contribution in [1.29, 1.82) is 0 Å². The molecule has 0 unspecified atom stereocenters. The van der Waals surface area contributed by atoms with Crippen LogP contribution in [0.2, 0.25) is 5.02 Å². The lowest BCUT2D eigenvalue weighted by atomic mass is 9.86. The van der Waals surface area contributed by atoms with Crippen molar-refractivity contribution in [3.8, 4) is 22.4 Å². The number of anilines is 1. The maximum absolute atomic E-state index is 12.2. The largest absolute Gasteiger partial charge is 0.412 e. The summed E-state index contributed by atoms with van der Waals surface area (Å²) < 4.78 is 6.69. The van der Waals surface area contributed by atoms with Crippen molar-refractivity contribution in [3.63, 3.8) is 0 Å². The number of carbonyl (C=O) groups excluding carboxylic acids is 2. The van der Waals surface area contributed by atoms with E-state index in [2.05, 4.69) is 19.3 Å². The Balaban J connectivity index is 1.40. The highest BCUT2D eigenvalue weighted by Gasteiger charge is 2.31. The second-order valence-electron chi connectivity index (χ2n) is 9.74. The molecule has 0 atom stereocenters. The molecule has 1 amide bonds. The van der Waals surface area contributed by atoms with Crippen molar-refractivity contribution in [2.45, 2.75) is 31.7 Å². The Kier molecular flexibility index (Phi) is 6.36. The molecule has 3 aromatic heterocycles.